The van der Waals surface area contributed by atoms with Crippen molar-refractivity contribution in [3.63, 3.8) is 0 Å². The molecule has 0 atom stereocenters. The minimum absolute atomic E-state index is 0.0874. The van der Waals surface area contributed by atoms with E-state index in [1.165, 1.54) is 12.1 Å². The van der Waals surface area contributed by atoms with Crippen molar-refractivity contribution in [3.8, 4) is 45.3 Å². The van der Waals surface area contributed by atoms with Gasteiger partial charge >= 0.3 is 0 Å². The Hall–Kier alpha value is -4.72. The third kappa shape index (κ3) is 3.10. The molecule has 0 aromatic heterocycles. The van der Waals surface area contributed by atoms with Gasteiger partial charge in [0.1, 0.15) is 0 Å². The summed E-state index contributed by atoms with van der Waals surface area (Å²) < 4.78 is 12.3. The summed E-state index contributed by atoms with van der Waals surface area (Å²) >= 11 is 0. The first-order valence-electron chi connectivity index (χ1n) is 9.64. The van der Waals surface area contributed by atoms with Crippen molar-refractivity contribution >= 4 is 11.4 Å². The fourth-order valence-electron chi connectivity index (χ4n) is 3.75. The molecule has 4 aromatic rings. The fraction of sp³-hybridized carbons (Fsp3) is 0. The summed E-state index contributed by atoms with van der Waals surface area (Å²) in [6, 6.07) is 23.0. The summed E-state index contributed by atoms with van der Waals surface area (Å²) in [5.74, 6) is 1.40. The van der Waals surface area contributed by atoms with Crippen LogP contribution < -0.4 is 9.47 Å². The van der Waals surface area contributed by atoms with Crippen molar-refractivity contribution in [2.45, 2.75) is 0 Å². The first kappa shape index (κ1) is 19.3. The van der Waals surface area contributed by atoms with Gasteiger partial charge in [-0.15, -0.1) is 0 Å². The molecule has 0 saturated carbocycles. The summed E-state index contributed by atoms with van der Waals surface area (Å²) in [4.78, 5) is 22.3. The highest BCUT2D eigenvalue weighted by atomic mass is 16.6. The Labute approximate surface area is 181 Å². The van der Waals surface area contributed by atoms with Crippen LogP contribution in [0.15, 0.2) is 84.9 Å². The molecule has 1 aliphatic rings. The quantitative estimate of drug-likeness (QED) is 0.233. The van der Waals surface area contributed by atoms with Gasteiger partial charge in [0.15, 0.2) is 23.0 Å². The largest absolute Gasteiger partial charge is 0.449 e. The third-order valence-electron chi connectivity index (χ3n) is 5.17. The standard InChI is InChI=1S/C24H14N2O6/c27-25(28)19-9-3-1-7-15(19)17-13-14-18(16-8-2-4-10-20(16)26(29)30)24-23(17)31-21-11-5-6-12-22(21)32-24/h1-14H. The van der Waals surface area contributed by atoms with Gasteiger partial charge in [-0.3, -0.25) is 20.2 Å². The van der Waals surface area contributed by atoms with Gasteiger partial charge in [-0.2, -0.15) is 0 Å². The number of hydrogen-bond donors (Lipinski definition) is 0. The maximum absolute atomic E-state index is 11.6. The lowest BCUT2D eigenvalue weighted by molar-refractivity contribution is -0.384. The zero-order valence-corrected chi connectivity index (χ0v) is 16.4. The number of nitrogens with zero attached hydrogens (tertiary/aromatic N) is 2. The van der Waals surface area contributed by atoms with Crippen molar-refractivity contribution < 1.29 is 19.3 Å². The Morgan fingerprint density at radius 2 is 0.875 bits per heavy atom. The van der Waals surface area contributed by atoms with Crippen molar-refractivity contribution in [2.24, 2.45) is 0 Å². The number of ether oxygens (including phenoxy) is 2. The van der Waals surface area contributed by atoms with E-state index in [2.05, 4.69) is 0 Å². The van der Waals surface area contributed by atoms with Crippen molar-refractivity contribution in [1.82, 2.24) is 0 Å². The SMILES string of the molecule is O=[N+]([O-])c1ccccc1-c1ccc(-c2ccccc2[N+](=O)[O-])c2c1Oc1ccccc1O2. The van der Waals surface area contributed by atoms with Crippen LogP contribution in [0.4, 0.5) is 11.4 Å². The predicted octanol–water partition coefficient (Wildman–Crippen LogP) is 6.74. The first-order chi connectivity index (χ1) is 15.5. The van der Waals surface area contributed by atoms with Crippen LogP contribution in [0, 0.1) is 20.2 Å². The Kier molecular flexibility index (Phi) is 4.52. The second-order valence-corrected chi connectivity index (χ2v) is 7.02. The summed E-state index contributed by atoms with van der Waals surface area (Å²) in [6.07, 6.45) is 0. The lowest BCUT2D eigenvalue weighted by Crippen LogP contribution is -2.03. The summed E-state index contributed by atoms with van der Waals surface area (Å²) in [7, 11) is 0. The third-order valence-corrected chi connectivity index (χ3v) is 5.17. The highest BCUT2D eigenvalue weighted by Gasteiger charge is 2.30. The lowest BCUT2D eigenvalue weighted by Gasteiger charge is -2.25. The topological polar surface area (TPSA) is 105 Å². The van der Waals surface area contributed by atoms with Crippen molar-refractivity contribution in [3.05, 3.63) is 105 Å². The number of para-hydroxylation sites is 4. The van der Waals surface area contributed by atoms with Crippen molar-refractivity contribution in [2.75, 3.05) is 0 Å². The average Bonchev–Trinajstić information content (AvgIpc) is 2.82. The fourth-order valence-corrected chi connectivity index (χ4v) is 3.75. The molecule has 0 amide bonds. The Morgan fingerprint density at radius 1 is 0.500 bits per heavy atom. The second kappa shape index (κ2) is 7.51. The Morgan fingerprint density at radius 3 is 1.28 bits per heavy atom. The zero-order chi connectivity index (χ0) is 22.2. The number of nitro benzene ring substituents is 2. The molecular formula is C24H14N2O6. The van der Waals surface area contributed by atoms with E-state index >= 15 is 0 Å². The van der Waals surface area contributed by atoms with Crippen LogP contribution in [0.2, 0.25) is 0 Å². The van der Waals surface area contributed by atoms with E-state index < -0.39 is 9.85 Å². The molecule has 8 nitrogen and oxygen atoms in total. The lowest BCUT2D eigenvalue weighted by atomic mass is 9.95. The van der Waals surface area contributed by atoms with Crippen LogP contribution in [-0.4, -0.2) is 9.85 Å². The normalized spacial score (nSPS) is 11.5. The van der Waals surface area contributed by atoms with Gasteiger partial charge in [-0.05, 0) is 36.4 Å². The smallest absolute Gasteiger partial charge is 0.277 e. The van der Waals surface area contributed by atoms with E-state index in [-0.39, 0.29) is 22.9 Å². The molecule has 4 aromatic carbocycles. The van der Waals surface area contributed by atoms with E-state index in [0.717, 1.165) is 0 Å². The maximum Gasteiger partial charge on any atom is 0.277 e. The molecule has 1 aliphatic heterocycles. The van der Waals surface area contributed by atoms with Crippen molar-refractivity contribution in [1.29, 1.82) is 0 Å². The van der Waals surface area contributed by atoms with E-state index in [9.17, 15) is 20.2 Å². The van der Waals surface area contributed by atoms with Gasteiger partial charge in [-0.25, -0.2) is 0 Å². The number of rotatable bonds is 4. The minimum atomic E-state index is -0.463. The van der Waals surface area contributed by atoms with E-state index in [1.807, 2.05) is 0 Å². The van der Waals surface area contributed by atoms with Gasteiger partial charge in [0.25, 0.3) is 11.4 Å². The van der Waals surface area contributed by atoms with E-state index in [4.69, 9.17) is 9.47 Å². The van der Waals surface area contributed by atoms with Crippen LogP contribution in [0.5, 0.6) is 23.0 Å². The monoisotopic (exact) mass is 426 g/mol. The summed E-state index contributed by atoms with van der Waals surface area (Å²) in [5.41, 5.74) is 1.43. The molecule has 0 fully saturated rings. The van der Waals surface area contributed by atoms with Crippen LogP contribution in [0.1, 0.15) is 0 Å². The molecule has 32 heavy (non-hydrogen) atoms. The van der Waals surface area contributed by atoms with Crippen LogP contribution in [-0.2, 0) is 0 Å². The molecule has 0 N–H and O–H groups in total. The highest BCUT2D eigenvalue weighted by molar-refractivity contribution is 5.89. The van der Waals surface area contributed by atoms with Crippen LogP contribution >= 0.6 is 0 Å². The number of nitro groups is 2. The number of fused-ring (bicyclic) bond motifs is 2. The predicted molar refractivity (Wildman–Crippen MR) is 117 cm³/mol. The number of hydrogen-bond acceptors (Lipinski definition) is 6. The molecule has 1 heterocycles. The molecule has 0 radical (unpaired) electrons. The molecule has 8 heteroatoms. The molecule has 0 unspecified atom stereocenters. The average molecular weight is 426 g/mol. The zero-order valence-electron chi connectivity index (χ0n) is 16.4. The highest BCUT2D eigenvalue weighted by Crippen LogP contribution is 2.55. The minimum Gasteiger partial charge on any atom is -0.449 e. The Bertz CT molecular complexity index is 1290. The summed E-state index contributed by atoms with van der Waals surface area (Å²) in [6.45, 7) is 0. The van der Waals surface area contributed by atoms with Gasteiger partial charge in [0, 0.05) is 23.3 Å². The van der Waals surface area contributed by atoms with Gasteiger partial charge in [0.05, 0.1) is 21.0 Å². The molecule has 0 bridgehead atoms. The van der Waals surface area contributed by atoms with Gasteiger partial charge in [0.2, 0.25) is 0 Å². The van der Waals surface area contributed by atoms with Gasteiger partial charge in [-0.1, -0.05) is 36.4 Å². The maximum atomic E-state index is 11.6. The van der Waals surface area contributed by atoms with Gasteiger partial charge < -0.3 is 9.47 Å². The number of benzene rings is 4. The molecule has 0 saturated heterocycles. The molecular weight excluding hydrogens is 412 g/mol. The van der Waals surface area contributed by atoms with E-state index in [1.54, 1.807) is 72.8 Å². The van der Waals surface area contributed by atoms with Crippen LogP contribution in [0.25, 0.3) is 22.3 Å². The molecule has 156 valence electrons. The second-order valence-electron chi connectivity index (χ2n) is 7.02. The molecule has 0 aliphatic carbocycles. The molecule has 0 spiro atoms. The Balaban J connectivity index is 1.80. The van der Waals surface area contributed by atoms with E-state index in [0.29, 0.717) is 33.8 Å². The summed E-state index contributed by atoms with van der Waals surface area (Å²) in [5, 5.41) is 23.3. The molecule has 5 rings (SSSR count). The first-order valence-corrected chi connectivity index (χ1v) is 9.64. The van der Waals surface area contributed by atoms with Crippen LogP contribution in [0.3, 0.4) is 0 Å².